The Morgan fingerprint density at radius 2 is 2.11 bits per heavy atom. The zero-order valence-electron chi connectivity index (χ0n) is 11.3. The molecule has 1 saturated carbocycles. The van der Waals surface area contributed by atoms with Gasteiger partial charge in [0.05, 0.1) is 0 Å². The Bertz CT molecular complexity index is 384. The smallest absolute Gasteiger partial charge is 0.0328 e. The molecule has 100 valence electrons. The molecule has 1 aromatic rings. The number of likely N-dealkylation sites (tertiary alicyclic amines) is 1. The average molecular weight is 264 g/mol. The quantitative estimate of drug-likeness (QED) is 0.878. The van der Waals surface area contributed by atoms with Gasteiger partial charge < -0.3 is 5.32 Å². The number of hydrogen-bond donors (Lipinski definition) is 1. The van der Waals surface area contributed by atoms with Crippen molar-refractivity contribution in [2.24, 2.45) is 5.92 Å². The molecule has 1 aliphatic heterocycles. The maximum absolute atomic E-state index is 3.59. The normalized spacial score (nSPS) is 25.5. The molecule has 1 atom stereocenters. The highest BCUT2D eigenvalue weighted by atomic mass is 32.1. The van der Waals surface area contributed by atoms with Crippen molar-refractivity contribution >= 4 is 11.3 Å². The number of hydrogen-bond acceptors (Lipinski definition) is 3. The number of nitrogens with zero attached hydrogens (tertiary/aromatic N) is 1. The minimum absolute atomic E-state index is 0.818. The summed E-state index contributed by atoms with van der Waals surface area (Å²) in [6, 6.07) is 5.45. The van der Waals surface area contributed by atoms with Crippen molar-refractivity contribution in [2.75, 3.05) is 13.1 Å². The molecule has 0 bridgehead atoms. The molecular weight excluding hydrogens is 240 g/mol. The highest BCUT2D eigenvalue weighted by Gasteiger charge is 2.20. The molecule has 1 saturated heterocycles. The Labute approximate surface area is 114 Å². The lowest BCUT2D eigenvalue weighted by Crippen LogP contribution is -2.33. The lowest BCUT2D eigenvalue weighted by Gasteiger charge is -2.30. The maximum Gasteiger partial charge on any atom is 0.0328 e. The van der Waals surface area contributed by atoms with Crippen molar-refractivity contribution in [2.45, 2.75) is 51.7 Å². The zero-order chi connectivity index (χ0) is 12.4. The molecule has 0 radical (unpaired) electrons. The minimum atomic E-state index is 0.818. The number of nitrogens with one attached hydrogen (secondary N) is 1. The summed E-state index contributed by atoms with van der Waals surface area (Å²) in [4.78, 5) is 5.66. The van der Waals surface area contributed by atoms with Gasteiger partial charge in [0.2, 0.25) is 0 Å². The van der Waals surface area contributed by atoms with Crippen molar-refractivity contribution < 1.29 is 0 Å². The predicted molar refractivity (Wildman–Crippen MR) is 77.9 cm³/mol. The molecule has 18 heavy (non-hydrogen) atoms. The molecule has 2 aliphatic rings. The molecule has 2 fully saturated rings. The number of rotatable bonds is 5. The van der Waals surface area contributed by atoms with Crippen LogP contribution < -0.4 is 5.32 Å². The first kappa shape index (κ1) is 12.6. The molecule has 2 nitrogen and oxygen atoms in total. The van der Waals surface area contributed by atoms with Crippen LogP contribution in [0.25, 0.3) is 0 Å². The van der Waals surface area contributed by atoms with E-state index in [9.17, 15) is 0 Å². The molecule has 1 aromatic heterocycles. The standard InChI is InChI=1S/C15H24N2S/c1-12-3-2-8-17(10-12)11-15-7-6-14(18-15)9-16-13-4-5-13/h6-7,12-13,16H,2-5,8-11H2,1H3. The molecular formula is C15H24N2S. The van der Waals surface area contributed by atoms with Crippen LogP contribution in [-0.2, 0) is 13.1 Å². The Morgan fingerprint density at radius 3 is 2.89 bits per heavy atom. The van der Waals surface area contributed by atoms with Crippen molar-refractivity contribution in [1.82, 2.24) is 10.2 Å². The first-order valence-electron chi connectivity index (χ1n) is 7.33. The summed E-state index contributed by atoms with van der Waals surface area (Å²) < 4.78 is 0. The summed E-state index contributed by atoms with van der Waals surface area (Å²) in [5.41, 5.74) is 0. The lowest BCUT2D eigenvalue weighted by atomic mass is 10.0. The summed E-state index contributed by atoms with van der Waals surface area (Å²) >= 11 is 1.99. The monoisotopic (exact) mass is 264 g/mol. The van der Waals surface area contributed by atoms with E-state index < -0.39 is 0 Å². The van der Waals surface area contributed by atoms with Crippen molar-refractivity contribution in [3.8, 4) is 0 Å². The summed E-state index contributed by atoms with van der Waals surface area (Å²) in [5.74, 6) is 0.884. The number of thiophene rings is 1. The lowest BCUT2D eigenvalue weighted by molar-refractivity contribution is 0.178. The van der Waals surface area contributed by atoms with Gasteiger partial charge in [-0.2, -0.15) is 0 Å². The van der Waals surface area contributed by atoms with Gasteiger partial charge in [-0.25, -0.2) is 0 Å². The van der Waals surface area contributed by atoms with Crippen LogP contribution in [0.2, 0.25) is 0 Å². The molecule has 3 rings (SSSR count). The second-order valence-electron chi connectivity index (χ2n) is 6.01. The van der Waals surface area contributed by atoms with Gasteiger partial charge in [-0.1, -0.05) is 6.92 Å². The minimum Gasteiger partial charge on any atom is -0.309 e. The fourth-order valence-electron chi connectivity index (χ4n) is 2.79. The van der Waals surface area contributed by atoms with Gasteiger partial charge in [0.1, 0.15) is 0 Å². The SMILES string of the molecule is CC1CCCN(Cc2ccc(CNC3CC3)s2)C1. The van der Waals surface area contributed by atoms with Gasteiger partial charge >= 0.3 is 0 Å². The summed E-state index contributed by atoms with van der Waals surface area (Å²) in [7, 11) is 0. The van der Waals surface area contributed by atoms with E-state index in [-0.39, 0.29) is 0 Å². The molecule has 1 aliphatic carbocycles. The van der Waals surface area contributed by atoms with E-state index in [0.29, 0.717) is 0 Å². The largest absolute Gasteiger partial charge is 0.309 e. The van der Waals surface area contributed by atoms with E-state index in [1.165, 1.54) is 55.1 Å². The second kappa shape index (κ2) is 5.72. The van der Waals surface area contributed by atoms with E-state index in [1.54, 1.807) is 0 Å². The average Bonchev–Trinajstić information content (AvgIpc) is 3.08. The highest BCUT2D eigenvalue weighted by molar-refractivity contribution is 7.11. The molecule has 0 spiro atoms. The van der Waals surface area contributed by atoms with Crippen LogP contribution in [0.4, 0.5) is 0 Å². The van der Waals surface area contributed by atoms with Gasteiger partial charge in [-0.05, 0) is 50.3 Å². The van der Waals surface area contributed by atoms with Crippen LogP contribution in [-0.4, -0.2) is 24.0 Å². The summed E-state index contributed by atoms with van der Waals surface area (Å²) in [5, 5.41) is 3.59. The van der Waals surface area contributed by atoms with E-state index in [1.807, 2.05) is 11.3 Å². The Hall–Kier alpha value is -0.380. The van der Waals surface area contributed by atoms with E-state index >= 15 is 0 Å². The molecule has 3 heteroatoms. The van der Waals surface area contributed by atoms with Gasteiger partial charge in [0.15, 0.2) is 0 Å². The van der Waals surface area contributed by atoms with Crippen LogP contribution in [0.15, 0.2) is 12.1 Å². The summed E-state index contributed by atoms with van der Waals surface area (Å²) in [6.07, 6.45) is 5.55. The highest BCUT2D eigenvalue weighted by Crippen LogP contribution is 2.24. The first-order chi connectivity index (χ1) is 8.79. The fourth-order valence-corrected chi connectivity index (χ4v) is 3.80. The van der Waals surface area contributed by atoms with Gasteiger partial charge in [0.25, 0.3) is 0 Å². The number of piperidine rings is 1. The zero-order valence-corrected chi connectivity index (χ0v) is 12.1. The van der Waals surface area contributed by atoms with Crippen LogP contribution in [0, 0.1) is 5.92 Å². The molecule has 2 heterocycles. The maximum atomic E-state index is 3.59. The van der Waals surface area contributed by atoms with Crippen LogP contribution in [0.5, 0.6) is 0 Å². The third kappa shape index (κ3) is 3.56. The predicted octanol–water partition coefficient (Wildman–Crippen LogP) is 3.23. The van der Waals surface area contributed by atoms with Crippen LogP contribution in [0.1, 0.15) is 42.4 Å². The van der Waals surface area contributed by atoms with Crippen LogP contribution in [0.3, 0.4) is 0 Å². The van der Waals surface area contributed by atoms with E-state index in [4.69, 9.17) is 0 Å². The third-order valence-electron chi connectivity index (χ3n) is 3.98. The Morgan fingerprint density at radius 1 is 1.28 bits per heavy atom. The second-order valence-corrected chi connectivity index (χ2v) is 7.26. The third-order valence-corrected chi connectivity index (χ3v) is 5.05. The molecule has 1 N–H and O–H groups in total. The Balaban J connectivity index is 1.49. The fraction of sp³-hybridized carbons (Fsp3) is 0.733. The topological polar surface area (TPSA) is 15.3 Å². The molecule has 0 aromatic carbocycles. The Kier molecular flexibility index (Phi) is 4.02. The molecule has 1 unspecified atom stereocenters. The van der Waals surface area contributed by atoms with Gasteiger partial charge in [-0.15, -0.1) is 11.3 Å². The summed E-state index contributed by atoms with van der Waals surface area (Å²) in [6.45, 7) is 7.20. The van der Waals surface area contributed by atoms with Crippen molar-refractivity contribution in [3.63, 3.8) is 0 Å². The van der Waals surface area contributed by atoms with Gasteiger partial charge in [-0.3, -0.25) is 4.90 Å². The van der Waals surface area contributed by atoms with Gasteiger partial charge in [0, 0.05) is 35.4 Å². The van der Waals surface area contributed by atoms with Crippen molar-refractivity contribution in [3.05, 3.63) is 21.9 Å². The van der Waals surface area contributed by atoms with E-state index in [2.05, 4.69) is 29.3 Å². The van der Waals surface area contributed by atoms with Crippen molar-refractivity contribution in [1.29, 1.82) is 0 Å². The van der Waals surface area contributed by atoms with Crippen LogP contribution >= 0.6 is 11.3 Å². The first-order valence-corrected chi connectivity index (χ1v) is 8.14. The molecule has 0 amide bonds. The van der Waals surface area contributed by atoms with E-state index in [0.717, 1.165) is 18.5 Å².